The molecule has 1 amide bonds. The first-order valence-electron chi connectivity index (χ1n) is 9.07. The number of nitrogens with one attached hydrogen (secondary N) is 1. The molecule has 0 spiro atoms. The highest BCUT2D eigenvalue weighted by atomic mass is 35.5. The van der Waals surface area contributed by atoms with Crippen LogP contribution in [0.5, 0.6) is 0 Å². The number of benzene rings is 1. The van der Waals surface area contributed by atoms with Gasteiger partial charge in [0.05, 0.1) is 0 Å². The number of aromatic nitrogens is 1. The van der Waals surface area contributed by atoms with E-state index in [0.29, 0.717) is 36.0 Å². The number of carboxylic acid groups (broad SMARTS) is 1. The molecule has 1 aliphatic rings. The van der Waals surface area contributed by atoms with Gasteiger partial charge in [-0.15, -0.1) is 0 Å². The van der Waals surface area contributed by atoms with Crippen LogP contribution in [0.2, 0.25) is 10.0 Å². The molecule has 2 N–H and O–H groups in total. The highest BCUT2D eigenvalue weighted by Gasteiger charge is 2.27. The van der Waals surface area contributed by atoms with Gasteiger partial charge in [0.25, 0.3) is 5.02 Å². The lowest BCUT2D eigenvalue weighted by atomic mass is 9.95. The molecule has 8 heteroatoms. The second kappa shape index (κ2) is 8.80. The van der Waals surface area contributed by atoms with Gasteiger partial charge in [-0.05, 0) is 49.6 Å². The Labute approximate surface area is 173 Å². The Morgan fingerprint density at radius 1 is 1.32 bits per heavy atom. The van der Waals surface area contributed by atoms with Gasteiger partial charge in [0, 0.05) is 30.8 Å². The van der Waals surface area contributed by atoms with E-state index in [9.17, 15) is 9.59 Å². The summed E-state index contributed by atoms with van der Waals surface area (Å²) in [5.41, 5.74) is 1.84. The van der Waals surface area contributed by atoms with Crippen LogP contribution >= 0.6 is 11.6 Å². The molecular weight excluding hydrogens is 401 g/mol. The summed E-state index contributed by atoms with van der Waals surface area (Å²) in [6.45, 7) is 2.81. The summed E-state index contributed by atoms with van der Waals surface area (Å²) in [6, 6.07) is 8.58. The van der Waals surface area contributed by atoms with E-state index in [4.69, 9.17) is 28.3 Å². The molecule has 1 aliphatic heterocycles. The monoisotopic (exact) mass is 422 g/mol. The van der Waals surface area contributed by atoms with E-state index in [-0.39, 0.29) is 11.8 Å². The summed E-state index contributed by atoms with van der Waals surface area (Å²) >= 11 is 11.6. The van der Waals surface area contributed by atoms with Crippen molar-refractivity contribution in [2.45, 2.75) is 25.8 Å². The van der Waals surface area contributed by atoms with Crippen molar-refractivity contribution in [1.82, 2.24) is 10.3 Å². The molecule has 1 saturated heterocycles. The van der Waals surface area contributed by atoms with Crippen molar-refractivity contribution in [2.75, 3.05) is 18.0 Å². The molecule has 2 heterocycles. The Morgan fingerprint density at radius 2 is 2.04 bits per heavy atom. The SMILES string of the molecule is C[C@H](NC(=O)C1CCN(c2cc(-c3cccc(Cl)c3[ClH+])ccn2)CC1)C(=O)O. The summed E-state index contributed by atoms with van der Waals surface area (Å²) in [5, 5.41) is 12.6. The number of aliphatic carboxylic acids is 1. The number of hydrogen-bond donors (Lipinski definition) is 2. The van der Waals surface area contributed by atoms with E-state index >= 15 is 0 Å². The summed E-state index contributed by atoms with van der Waals surface area (Å²) in [5.74, 6) is -0.599. The zero-order chi connectivity index (χ0) is 20.3. The molecule has 3 rings (SSSR count). The Hall–Kier alpha value is -2.31. The van der Waals surface area contributed by atoms with Crippen molar-refractivity contribution < 1.29 is 26.3 Å². The smallest absolute Gasteiger partial charge is 0.325 e. The number of piperidine rings is 1. The number of carbonyl (C=O) groups is 2. The molecule has 0 saturated carbocycles. The molecule has 1 aromatic carbocycles. The molecule has 0 aliphatic carbocycles. The molecule has 28 heavy (non-hydrogen) atoms. The normalized spacial score (nSPS) is 15.9. The van der Waals surface area contributed by atoms with Crippen molar-refractivity contribution in [3.63, 3.8) is 0 Å². The maximum atomic E-state index is 12.2. The number of carbonyl (C=O) groups excluding carboxylic acids is 1. The molecule has 0 unspecified atom stereocenters. The molecule has 0 radical (unpaired) electrons. The van der Waals surface area contributed by atoms with Crippen molar-refractivity contribution in [3.8, 4) is 11.1 Å². The molecular formula is C20H22Cl2N3O3+. The van der Waals surface area contributed by atoms with Gasteiger partial charge in [-0.25, -0.2) is 4.98 Å². The largest absolute Gasteiger partial charge is 0.480 e. The van der Waals surface area contributed by atoms with Gasteiger partial charge in [-0.1, -0.05) is 17.7 Å². The van der Waals surface area contributed by atoms with E-state index in [2.05, 4.69) is 15.2 Å². The Morgan fingerprint density at radius 3 is 2.71 bits per heavy atom. The minimum absolute atomic E-state index is 0.187. The van der Waals surface area contributed by atoms with Gasteiger partial charge in [0.2, 0.25) is 5.91 Å². The Bertz CT molecular complexity index is 883. The summed E-state index contributed by atoms with van der Waals surface area (Å²) in [4.78, 5) is 29.7. The second-order valence-corrected chi connectivity index (χ2v) is 7.66. The lowest BCUT2D eigenvalue weighted by molar-refractivity contribution is -0.287. The van der Waals surface area contributed by atoms with Crippen LogP contribution in [-0.2, 0) is 9.59 Å². The van der Waals surface area contributed by atoms with Gasteiger partial charge in [-0.2, -0.15) is 0 Å². The highest BCUT2D eigenvalue weighted by Crippen LogP contribution is 2.32. The topological polar surface area (TPSA) is 82.5 Å². The fraction of sp³-hybridized carbons (Fsp3) is 0.350. The standard InChI is InChI=1S/C20H21Cl2N3O3/c1-12(20(27)28)24-19(26)13-6-9-25(10-7-13)17-11-14(5-8-23-17)15-3-2-4-16(21)18(15)22/h2-5,8,11-13,22H,6-7,9-10H2,1H3,(H-,24,26,27,28)/p+1/t12-/m0/s1. The molecule has 1 aromatic heterocycles. The van der Waals surface area contributed by atoms with Crippen molar-refractivity contribution in [1.29, 1.82) is 0 Å². The van der Waals surface area contributed by atoms with Crippen LogP contribution in [0.4, 0.5) is 5.82 Å². The quantitative estimate of drug-likeness (QED) is 0.773. The lowest BCUT2D eigenvalue weighted by Crippen LogP contribution is -2.45. The number of amides is 1. The predicted octanol–water partition coefficient (Wildman–Crippen LogP) is 2.90. The number of pyridine rings is 1. The molecule has 0 bridgehead atoms. The maximum absolute atomic E-state index is 12.2. The van der Waals surface area contributed by atoms with Crippen molar-refractivity contribution >= 4 is 29.3 Å². The second-order valence-electron chi connectivity index (χ2n) is 6.85. The third-order valence-electron chi connectivity index (χ3n) is 4.94. The van der Waals surface area contributed by atoms with Gasteiger partial charge in [-0.3, -0.25) is 9.59 Å². The van der Waals surface area contributed by atoms with Gasteiger partial charge in [0.15, 0.2) is 11.6 Å². The van der Waals surface area contributed by atoms with Gasteiger partial charge < -0.3 is 15.3 Å². The van der Waals surface area contributed by atoms with Crippen LogP contribution in [0, 0.1) is 17.5 Å². The van der Waals surface area contributed by atoms with E-state index in [1.807, 2.05) is 24.3 Å². The Balaban J connectivity index is 1.67. The third kappa shape index (κ3) is 4.56. The zero-order valence-electron chi connectivity index (χ0n) is 15.4. The van der Waals surface area contributed by atoms with E-state index in [1.54, 1.807) is 12.3 Å². The fourth-order valence-electron chi connectivity index (χ4n) is 3.26. The lowest BCUT2D eigenvalue weighted by Gasteiger charge is -2.32. The van der Waals surface area contributed by atoms with E-state index in [0.717, 1.165) is 16.9 Å². The third-order valence-corrected chi connectivity index (χ3v) is 5.81. The fourth-order valence-corrected chi connectivity index (χ4v) is 3.69. The summed E-state index contributed by atoms with van der Waals surface area (Å²) < 4.78 is 0. The predicted molar refractivity (Wildman–Crippen MR) is 105 cm³/mol. The minimum Gasteiger partial charge on any atom is -0.480 e. The van der Waals surface area contributed by atoms with Crippen LogP contribution in [0.25, 0.3) is 11.1 Å². The van der Waals surface area contributed by atoms with Crippen molar-refractivity contribution in [2.24, 2.45) is 5.92 Å². The first kappa shape index (κ1) is 20.4. The average Bonchev–Trinajstić information content (AvgIpc) is 2.70. The Kier molecular flexibility index (Phi) is 6.42. The molecule has 1 fully saturated rings. The highest BCUT2D eigenvalue weighted by molar-refractivity contribution is 6.31. The van der Waals surface area contributed by atoms with Crippen LogP contribution in [-0.4, -0.2) is 41.1 Å². The molecule has 1 atom stereocenters. The molecule has 6 nitrogen and oxygen atoms in total. The summed E-state index contributed by atoms with van der Waals surface area (Å²) in [6.07, 6.45) is 3.04. The number of anilines is 1. The number of nitrogens with zero attached hydrogens (tertiary/aromatic N) is 2. The number of halogens is 2. The van der Waals surface area contributed by atoms with Crippen molar-refractivity contribution in [3.05, 3.63) is 46.6 Å². The minimum atomic E-state index is -1.03. The number of hydrogen-bond acceptors (Lipinski definition) is 4. The number of carboxylic acids is 1. The van der Waals surface area contributed by atoms with Crippen LogP contribution < -0.4 is 10.2 Å². The van der Waals surface area contributed by atoms with E-state index in [1.165, 1.54) is 6.92 Å². The number of rotatable bonds is 5. The maximum Gasteiger partial charge on any atom is 0.325 e. The van der Waals surface area contributed by atoms with E-state index < -0.39 is 12.0 Å². The van der Waals surface area contributed by atoms with Gasteiger partial charge in [0.1, 0.15) is 16.9 Å². The first-order chi connectivity index (χ1) is 13.4. The molecule has 2 aromatic rings. The molecule has 148 valence electrons. The van der Waals surface area contributed by atoms with Crippen LogP contribution in [0.15, 0.2) is 36.5 Å². The zero-order valence-corrected chi connectivity index (χ0v) is 17.0. The van der Waals surface area contributed by atoms with Crippen LogP contribution in [0.3, 0.4) is 0 Å². The summed E-state index contributed by atoms with van der Waals surface area (Å²) in [7, 11) is 0. The first-order valence-corrected chi connectivity index (χ1v) is 9.85. The average molecular weight is 423 g/mol. The van der Waals surface area contributed by atoms with Gasteiger partial charge >= 0.3 is 5.97 Å². The van der Waals surface area contributed by atoms with Crippen LogP contribution in [0.1, 0.15) is 19.8 Å².